The third-order valence-corrected chi connectivity index (χ3v) is 3.75. The predicted octanol–water partition coefficient (Wildman–Crippen LogP) is 5.53. The van der Waals surface area contributed by atoms with E-state index in [2.05, 4.69) is 33.0 Å². The van der Waals surface area contributed by atoms with E-state index in [-0.39, 0.29) is 0 Å². The molecule has 0 aliphatic carbocycles. The highest BCUT2D eigenvalue weighted by molar-refractivity contribution is 9.10. The van der Waals surface area contributed by atoms with Crippen LogP contribution in [0, 0.1) is 0 Å². The normalized spacial score (nSPS) is 10.7. The zero-order chi connectivity index (χ0) is 13.9. The number of pyridine rings is 1. The first-order valence-electron chi connectivity index (χ1n) is 6.13. The molecule has 0 aliphatic heterocycles. The molecule has 2 nitrogen and oxygen atoms in total. The number of benzene rings is 2. The molecule has 0 atom stereocenters. The molecule has 0 radical (unpaired) electrons. The van der Waals surface area contributed by atoms with Crippen molar-refractivity contribution in [2.75, 3.05) is 0 Å². The molecule has 0 saturated heterocycles. The van der Waals surface area contributed by atoms with Gasteiger partial charge in [0.2, 0.25) is 5.88 Å². The van der Waals surface area contributed by atoms with Gasteiger partial charge in [0, 0.05) is 22.6 Å². The fourth-order valence-electron chi connectivity index (χ4n) is 1.97. The summed E-state index contributed by atoms with van der Waals surface area (Å²) in [6, 6.07) is 15.8. The molecule has 0 amide bonds. The number of nitrogens with zero attached hydrogens (tertiary/aromatic N) is 1. The Balaban J connectivity index is 1.92. The molecule has 2 aromatic carbocycles. The van der Waals surface area contributed by atoms with E-state index in [1.54, 1.807) is 6.20 Å². The van der Waals surface area contributed by atoms with Gasteiger partial charge in [0.1, 0.15) is 5.75 Å². The summed E-state index contributed by atoms with van der Waals surface area (Å²) in [6.07, 6.45) is 1.70. The summed E-state index contributed by atoms with van der Waals surface area (Å²) in [5.74, 6) is 1.77. The van der Waals surface area contributed by atoms with Crippen LogP contribution in [-0.2, 0) is 5.88 Å². The highest BCUT2D eigenvalue weighted by Crippen LogP contribution is 2.27. The van der Waals surface area contributed by atoms with E-state index in [1.165, 1.54) is 0 Å². The summed E-state index contributed by atoms with van der Waals surface area (Å²) in [6.45, 7) is 0. The molecule has 4 heteroatoms. The quantitative estimate of drug-likeness (QED) is 0.581. The van der Waals surface area contributed by atoms with Gasteiger partial charge in [-0.25, -0.2) is 4.98 Å². The van der Waals surface area contributed by atoms with Crippen LogP contribution in [0.3, 0.4) is 0 Å². The monoisotopic (exact) mass is 347 g/mol. The topological polar surface area (TPSA) is 22.1 Å². The maximum Gasteiger partial charge on any atom is 0.219 e. The van der Waals surface area contributed by atoms with Gasteiger partial charge in [0.15, 0.2) is 0 Å². The molecule has 0 N–H and O–H groups in total. The van der Waals surface area contributed by atoms with Crippen LogP contribution in [0.15, 0.2) is 59.2 Å². The van der Waals surface area contributed by atoms with Gasteiger partial charge in [-0.05, 0) is 46.7 Å². The Hall–Kier alpha value is -1.58. The van der Waals surface area contributed by atoms with Crippen LogP contribution >= 0.6 is 27.5 Å². The van der Waals surface area contributed by atoms with Crippen molar-refractivity contribution in [3.8, 4) is 11.6 Å². The molecule has 1 aromatic heterocycles. The van der Waals surface area contributed by atoms with Crippen molar-refractivity contribution in [1.29, 1.82) is 0 Å². The van der Waals surface area contributed by atoms with E-state index < -0.39 is 0 Å². The molecule has 0 unspecified atom stereocenters. The molecule has 0 bridgehead atoms. The van der Waals surface area contributed by atoms with E-state index in [0.29, 0.717) is 11.8 Å². The largest absolute Gasteiger partial charge is 0.439 e. The van der Waals surface area contributed by atoms with E-state index >= 15 is 0 Å². The van der Waals surface area contributed by atoms with E-state index in [9.17, 15) is 0 Å². The lowest BCUT2D eigenvalue weighted by Gasteiger charge is -2.07. The number of hydrogen-bond donors (Lipinski definition) is 0. The zero-order valence-electron chi connectivity index (χ0n) is 10.5. The molecular weight excluding hydrogens is 338 g/mol. The number of halogens is 2. The van der Waals surface area contributed by atoms with E-state index in [0.717, 1.165) is 26.6 Å². The van der Waals surface area contributed by atoms with Gasteiger partial charge in [0.05, 0.1) is 0 Å². The van der Waals surface area contributed by atoms with Crippen molar-refractivity contribution in [1.82, 2.24) is 4.98 Å². The molecule has 0 aliphatic rings. The van der Waals surface area contributed by atoms with Crippen molar-refractivity contribution in [3.05, 3.63) is 64.8 Å². The number of fused-ring (bicyclic) bond motifs is 1. The molecular formula is C16H11BrClNO. The second kappa shape index (κ2) is 5.81. The third-order valence-electron chi connectivity index (χ3n) is 2.95. The Morgan fingerprint density at radius 2 is 1.80 bits per heavy atom. The average molecular weight is 349 g/mol. The maximum absolute atomic E-state index is 5.81. The second-order valence-corrected chi connectivity index (χ2v) is 5.57. The van der Waals surface area contributed by atoms with Crippen LogP contribution < -0.4 is 4.74 Å². The van der Waals surface area contributed by atoms with Crippen molar-refractivity contribution >= 4 is 38.3 Å². The fourth-order valence-corrected chi connectivity index (χ4v) is 2.51. The fraction of sp³-hybridized carbons (Fsp3) is 0.0625. The highest BCUT2D eigenvalue weighted by atomic mass is 79.9. The van der Waals surface area contributed by atoms with Gasteiger partial charge >= 0.3 is 0 Å². The minimum atomic E-state index is 0.449. The lowest BCUT2D eigenvalue weighted by molar-refractivity contribution is 0.463. The number of alkyl halides is 1. The summed E-state index contributed by atoms with van der Waals surface area (Å²) >= 11 is 9.27. The van der Waals surface area contributed by atoms with Crippen molar-refractivity contribution in [2.24, 2.45) is 0 Å². The molecule has 100 valence electrons. The summed E-state index contributed by atoms with van der Waals surface area (Å²) in [5, 5.41) is 2.29. The van der Waals surface area contributed by atoms with Gasteiger partial charge in [-0.15, -0.1) is 11.6 Å². The number of rotatable bonds is 3. The number of hydrogen-bond acceptors (Lipinski definition) is 2. The SMILES string of the molecule is ClCc1ccnc(Oc2ccc3cc(Br)ccc3c2)c1. The zero-order valence-corrected chi connectivity index (χ0v) is 12.9. The summed E-state index contributed by atoms with van der Waals surface area (Å²) in [4.78, 5) is 4.19. The van der Waals surface area contributed by atoms with Crippen molar-refractivity contribution in [2.45, 2.75) is 5.88 Å². The summed E-state index contributed by atoms with van der Waals surface area (Å²) < 4.78 is 6.84. The molecule has 0 saturated carbocycles. The maximum atomic E-state index is 5.81. The molecule has 1 heterocycles. The van der Waals surface area contributed by atoms with Gasteiger partial charge in [-0.3, -0.25) is 0 Å². The van der Waals surface area contributed by atoms with Gasteiger partial charge < -0.3 is 4.74 Å². The summed E-state index contributed by atoms with van der Waals surface area (Å²) in [7, 11) is 0. The van der Waals surface area contributed by atoms with Gasteiger partial charge in [0.25, 0.3) is 0 Å². The van der Waals surface area contributed by atoms with Crippen LogP contribution in [0.4, 0.5) is 0 Å². The standard InChI is InChI=1S/C16H11BrClNO/c17-14-3-1-13-9-15(4-2-12(13)8-14)20-16-7-11(10-18)5-6-19-16/h1-9H,10H2. The molecule has 0 fully saturated rings. The van der Waals surface area contributed by atoms with Crippen LogP contribution in [0.5, 0.6) is 11.6 Å². The Bertz CT molecular complexity index is 760. The molecule has 3 aromatic rings. The van der Waals surface area contributed by atoms with Gasteiger partial charge in [-0.1, -0.05) is 28.1 Å². The number of ether oxygens (including phenoxy) is 1. The second-order valence-electron chi connectivity index (χ2n) is 4.39. The first-order chi connectivity index (χ1) is 9.74. The molecule has 3 rings (SSSR count). The first kappa shape index (κ1) is 13.4. The highest BCUT2D eigenvalue weighted by Gasteiger charge is 2.02. The Kier molecular flexibility index (Phi) is 3.90. The Morgan fingerprint density at radius 3 is 2.65 bits per heavy atom. The lowest BCUT2D eigenvalue weighted by Crippen LogP contribution is -1.89. The van der Waals surface area contributed by atoms with E-state index in [4.69, 9.17) is 16.3 Å². The molecule has 20 heavy (non-hydrogen) atoms. The predicted molar refractivity (Wildman–Crippen MR) is 85.5 cm³/mol. The average Bonchev–Trinajstić information content (AvgIpc) is 2.47. The number of aromatic nitrogens is 1. The van der Waals surface area contributed by atoms with Crippen molar-refractivity contribution in [3.63, 3.8) is 0 Å². The smallest absolute Gasteiger partial charge is 0.219 e. The van der Waals surface area contributed by atoms with E-state index in [1.807, 2.05) is 36.4 Å². The van der Waals surface area contributed by atoms with Crippen LogP contribution in [0.25, 0.3) is 10.8 Å². The summed E-state index contributed by atoms with van der Waals surface area (Å²) in [5.41, 5.74) is 0.987. The minimum absolute atomic E-state index is 0.449. The Morgan fingerprint density at radius 1 is 1.00 bits per heavy atom. The van der Waals surface area contributed by atoms with Crippen LogP contribution in [0.2, 0.25) is 0 Å². The van der Waals surface area contributed by atoms with Gasteiger partial charge in [-0.2, -0.15) is 0 Å². The van der Waals surface area contributed by atoms with Crippen LogP contribution in [-0.4, -0.2) is 4.98 Å². The molecule has 0 spiro atoms. The minimum Gasteiger partial charge on any atom is -0.439 e. The van der Waals surface area contributed by atoms with Crippen LogP contribution in [0.1, 0.15) is 5.56 Å². The third kappa shape index (κ3) is 2.94. The van der Waals surface area contributed by atoms with Crippen molar-refractivity contribution < 1.29 is 4.74 Å². The first-order valence-corrected chi connectivity index (χ1v) is 7.45. The lowest BCUT2D eigenvalue weighted by atomic mass is 10.1. The Labute approximate surface area is 130 Å².